The first-order chi connectivity index (χ1) is 12.4. The Bertz CT molecular complexity index is 838. The molecule has 136 valence electrons. The highest BCUT2D eigenvalue weighted by molar-refractivity contribution is 5.82. The van der Waals surface area contributed by atoms with Gasteiger partial charge in [0.1, 0.15) is 5.75 Å². The van der Waals surface area contributed by atoms with Crippen molar-refractivity contribution in [1.29, 1.82) is 0 Å². The minimum atomic E-state index is -4.90. The number of para-hydroxylation sites is 3. The quantitative estimate of drug-likeness (QED) is 0.827. The zero-order valence-electron chi connectivity index (χ0n) is 13.8. The van der Waals surface area contributed by atoms with Crippen LogP contribution in [0, 0.1) is 0 Å². The standard InChI is InChI=1S/C19H17F3N2O2/c20-19(21,22)18(25)23-13-7-5-11-24-14-8-2-4-10-16(14)26-15-9-3-1-6-12(15)17(13)24/h1-4,6,8-10,13,17H,5,7,11H2,(H,23,25)/t13-,17+/m1/s1. The summed E-state index contributed by atoms with van der Waals surface area (Å²) in [6.45, 7) is 0.678. The molecule has 2 heterocycles. The highest BCUT2D eigenvalue weighted by atomic mass is 19.4. The zero-order chi connectivity index (χ0) is 18.3. The van der Waals surface area contributed by atoms with Crippen LogP contribution in [-0.4, -0.2) is 24.7 Å². The Balaban J connectivity index is 1.79. The Hall–Kier alpha value is -2.70. The number of hydrogen-bond donors (Lipinski definition) is 1. The van der Waals surface area contributed by atoms with Crippen molar-refractivity contribution in [3.05, 3.63) is 54.1 Å². The number of piperidine rings is 1. The van der Waals surface area contributed by atoms with Crippen LogP contribution in [-0.2, 0) is 4.79 Å². The lowest BCUT2D eigenvalue weighted by molar-refractivity contribution is -0.174. The average molecular weight is 362 g/mol. The maximum Gasteiger partial charge on any atom is 0.471 e. The van der Waals surface area contributed by atoms with Crippen molar-refractivity contribution < 1.29 is 22.7 Å². The second kappa shape index (κ2) is 6.23. The van der Waals surface area contributed by atoms with Gasteiger partial charge in [-0.3, -0.25) is 4.79 Å². The van der Waals surface area contributed by atoms with Gasteiger partial charge in [-0.1, -0.05) is 30.3 Å². The summed E-state index contributed by atoms with van der Waals surface area (Å²) in [4.78, 5) is 13.6. The van der Waals surface area contributed by atoms with Crippen LogP contribution in [0.3, 0.4) is 0 Å². The van der Waals surface area contributed by atoms with Crippen molar-refractivity contribution in [1.82, 2.24) is 5.32 Å². The van der Waals surface area contributed by atoms with E-state index in [1.807, 2.05) is 47.4 Å². The molecule has 0 bridgehead atoms. The summed E-state index contributed by atoms with van der Waals surface area (Å²) in [5.41, 5.74) is 1.59. The first kappa shape index (κ1) is 16.8. The number of alkyl halides is 3. The van der Waals surface area contributed by atoms with Crippen LogP contribution in [0.5, 0.6) is 11.5 Å². The molecule has 2 atom stereocenters. The lowest BCUT2D eigenvalue weighted by Crippen LogP contribution is -2.52. The Morgan fingerprint density at radius 3 is 2.54 bits per heavy atom. The largest absolute Gasteiger partial charge is 0.471 e. The van der Waals surface area contributed by atoms with Crippen LogP contribution < -0.4 is 15.0 Å². The number of rotatable bonds is 1. The summed E-state index contributed by atoms with van der Waals surface area (Å²) < 4.78 is 44.4. The van der Waals surface area contributed by atoms with Crippen LogP contribution in [0.25, 0.3) is 0 Å². The molecule has 1 N–H and O–H groups in total. The fourth-order valence-electron chi connectivity index (χ4n) is 3.77. The van der Waals surface area contributed by atoms with Crippen LogP contribution >= 0.6 is 0 Å². The molecule has 2 aliphatic heterocycles. The Kier molecular flexibility index (Phi) is 4.01. The molecule has 4 nitrogen and oxygen atoms in total. The number of carbonyl (C=O) groups excluding carboxylic acids is 1. The number of hydrogen-bond acceptors (Lipinski definition) is 3. The molecule has 0 radical (unpaired) electrons. The van der Waals surface area contributed by atoms with E-state index in [2.05, 4.69) is 5.32 Å². The third kappa shape index (κ3) is 2.87. The van der Waals surface area contributed by atoms with Gasteiger partial charge in [0.05, 0.1) is 17.8 Å². The average Bonchev–Trinajstić information content (AvgIpc) is 2.76. The summed E-state index contributed by atoms with van der Waals surface area (Å²) in [5.74, 6) is -0.647. The van der Waals surface area contributed by atoms with Crippen molar-refractivity contribution in [2.24, 2.45) is 0 Å². The molecule has 0 aliphatic carbocycles. The molecule has 1 saturated heterocycles. The van der Waals surface area contributed by atoms with Gasteiger partial charge >= 0.3 is 12.1 Å². The predicted molar refractivity (Wildman–Crippen MR) is 90.3 cm³/mol. The van der Waals surface area contributed by atoms with Crippen LogP contribution in [0.15, 0.2) is 48.5 Å². The smallest absolute Gasteiger partial charge is 0.455 e. The third-order valence-electron chi connectivity index (χ3n) is 4.84. The van der Waals surface area contributed by atoms with Gasteiger partial charge in [-0.25, -0.2) is 0 Å². The number of nitrogens with zero attached hydrogens (tertiary/aromatic N) is 1. The van der Waals surface area contributed by atoms with Gasteiger partial charge in [0, 0.05) is 12.1 Å². The number of amides is 1. The molecule has 7 heteroatoms. The molecular formula is C19H17F3N2O2. The minimum absolute atomic E-state index is 0.421. The molecule has 0 aromatic heterocycles. The van der Waals surface area contributed by atoms with Crippen molar-refractivity contribution in [2.45, 2.75) is 31.1 Å². The number of anilines is 1. The van der Waals surface area contributed by atoms with Gasteiger partial charge in [0.2, 0.25) is 0 Å². The van der Waals surface area contributed by atoms with Gasteiger partial charge in [0.15, 0.2) is 5.75 Å². The van der Waals surface area contributed by atoms with Gasteiger partial charge in [0.25, 0.3) is 0 Å². The Morgan fingerprint density at radius 2 is 1.77 bits per heavy atom. The highest BCUT2D eigenvalue weighted by Gasteiger charge is 2.44. The lowest BCUT2D eigenvalue weighted by atomic mass is 9.89. The minimum Gasteiger partial charge on any atom is -0.455 e. The van der Waals surface area contributed by atoms with Gasteiger partial charge in [-0.05, 0) is 31.0 Å². The molecule has 0 spiro atoms. The number of carbonyl (C=O) groups is 1. The number of halogens is 3. The summed E-state index contributed by atoms with van der Waals surface area (Å²) in [5, 5.41) is 2.20. The summed E-state index contributed by atoms with van der Waals surface area (Å²) in [6, 6.07) is 13.7. The molecule has 0 unspecified atom stereocenters. The molecule has 2 aliphatic rings. The van der Waals surface area contributed by atoms with Gasteiger partial charge in [-0.2, -0.15) is 13.2 Å². The zero-order valence-corrected chi connectivity index (χ0v) is 13.8. The first-order valence-corrected chi connectivity index (χ1v) is 8.45. The van der Waals surface area contributed by atoms with Crippen molar-refractivity contribution in [2.75, 3.05) is 11.4 Å². The van der Waals surface area contributed by atoms with E-state index in [0.29, 0.717) is 30.9 Å². The predicted octanol–water partition coefficient (Wildman–Crippen LogP) is 4.18. The van der Waals surface area contributed by atoms with Gasteiger partial charge in [-0.15, -0.1) is 0 Å². The molecule has 2 aromatic carbocycles. The molecule has 1 amide bonds. The van der Waals surface area contributed by atoms with Crippen LogP contribution in [0.2, 0.25) is 0 Å². The van der Waals surface area contributed by atoms with Crippen LogP contribution in [0.4, 0.5) is 18.9 Å². The molecular weight excluding hydrogens is 345 g/mol. The molecule has 0 saturated carbocycles. The van der Waals surface area contributed by atoms with E-state index in [4.69, 9.17) is 4.74 Å². The fraction of sp³-hybridized carbons (Fsp3) is 0.316. The van der Waals surface area contributed by atoms with Crippen LogP contribution in [0.1, 0.15) is 24.4 Å². The topological polar surface area (TPSA) is 41.6 Å². The maximum absolute atomic E-state index is 12.8. The summed E-state index contributed by atoms with van der Waals surface area (Å²) in [6.07, 6.45) is -3.75. The lowest BCUT2D eigenvalue weighted by Gasteiger charge is -2.42. The second-order valence-corrected chi connectivity index (χ2v) is 6.47. The SMILES string of the molecule is O=C(N[C@@H]1CCCN2c3ccccc3Oc3ccccc3[C@@H]12)C(F)(F)F. The Labute approximate surface area is 148 Å². The van der Waals surface area contributed by atoms with E-state index >= 15 is 0 Å². The fourth-order valence-corrected chi connectivity index (χ4v) is 3.77. The van der Waals surface area contributed by atoms with E-state index in [9.17, 15) is 18.0 Å². The molecule has 4 rings (SSSR count). The normalized spacial score (nSPS) is 21.6. The van der Waals surface area contributed by atoms with Crippen molar-refractivity contribution in [3.8, 4) is 11.5 Å². The molecule has 26 heavy (non-hydrogen) atoms. The van der Waals surface area contributed by atoms with E-state index < -0.39 is 24.2 Å². The Morgan fingerprint density at radius 1 is 1.08 bits per heavy atom. The van der Waals surface area contributed by atoms with Gasteiger partial charge < -0.3 is 15.0 Å². The monoisotopic (exact) mass is 362 g/mol. The van der Waals surface area contributed by atoms with E-state index in [1.54, 1.807) is 6.07 Å². The highest BCUT2D eigenvalue weighted by Crippen LogP contribution is 2.47. The second-order valence-electron chi connectivity index (χ2n) is 6.47. The summed E-state index contributed by atoms with van der Waals surface area (Å²) >= 11 is 0. The number of ether oxygens (including phenoxy) is 1. The number of nitrogens with one attached hydrogen (secondary N) is 1. The number of fused-ring (bicyclic) bond motifs is 5. The summed E-state index contributed by atoms with van der Waals surface area (Å²) in [7, 11) is 0. The van der Waals surface area contributed by atoms with Crippen molar-refractivity contribution >= 4 is 11.6 Å². The van der Waals surface area contributed by atoms with E-state index in [0.717, 1.165) is 11.3 Å². The number of benzene rings is 2. The molecule has 1 fully saturated rings. The third-order valence-corrected chi connectivity index (χ3v) is 4.84. The van der Waals surface area contributed by atoms with E-state index in [-0.39, 0.29) is 0 Å². The maximum atomic E-state index is 12.8. The van der Waals surface area contributed by atoms with Crippen molar-refractivity contribution in [3.63, 3.8) is 0 Å². The molecule has 2 aromatic rings. The first-order valence-electron chi connectivity index (χ1n) is 8.45. The van der Waals surface area contributed by atoms with E-state index in [1.165, 1.54) is 0 Å².